The van der Waals surface area contributed by atoms with Gasteiger partial charge < -0.3 is 14.8 Å². The third-order valence-corrected chi connectivity index (χ3v) is 5.33. The van der Waals surface area contributed by atoms with Crippen LogP contribution in [0.2, 0.25) is 10.3 Å². The molecule has 0 spiro atoms. The Morgan fingerprint density at radius 3 is 2.64 bits per heavy atom. The number of carbonyl (C=O) groups is 1. The van der Waals surface area contributed by atoms with Crippen molar-refractivity contribution < 1.29 is 14.3 Å². The second-order valence-corrected chi connectivity index (χ2v) is 9.75. The average Bonchev–Trinajstić information content (AvgIpc) is 2.73. The molecule has 0 saturated carbocycles. The molecule has 0 bridgehead atoms. The fourth-order valence-electron chi connectivity index (χ4n) is 2.64. The number of carbonyl (C=O) groups excluding carboxylic acids is 1. The molecule has 2 N–H and O–H groups in total. The van der Waals surface area contributed by atoms with Crippen LogP contribution in [0, 0.1) is 0 Å². The molecule has 1 amide bonds. The van der Waals surface area contributed by atoms with E-state index >= 15 is 0 Å². The summed E-state index contributed by atoms with van der Waals surface area (Å²) in [6.07, 6.45) is 0.960. The molecule has 0 atom stereocenters. The summed E-state index contributed by atoms with van der Waals surface area (Å²) in [7, 11) is 0. The van der Waals surface area contributed by atoms with Crippen molar-refractivity contribution in [2.45, 2.75) is 31.3 Å². The van der Waals surface area contributed by atoms with Crippen LogP contribution in [0.15, 0.2) is 59.6 Å². The van der Waals surface area contributed by atoms with Gasteiger partial charge in [-0.25, -0.2) is 9.78 Å². The monoisotopic (exact) mass is 506 g/mol. The van der Waals surface area contributed by atoms with Gasteiger partial charge >= 0.3 is 6.09 Å². The molecule has 2 aromatic carbocycles. The maximum absolute atomic E-state index is 11.9. The Labute approximate surface area is 207 Å². The van der Waals surface area contributed by atoms with Gasteiger partial charge in [0, 0.05) is 28.1 Å². The second kappa shape index (κ2) is 11.4. The largest absolute Gasteiger partial charge is 0.493 e. The van der Waals surface area contributed by atoms with Gasteiger partial charge in [0.05, 0.1) is 12.8 Å². The van der Waals surface area contributed by atoms with Gasteiger partial charge in [-0.05, 0) is 62.7 Å². The first kappa shape index (κ1) is 25.0. The summed E-state index contributed by atoms with van der Waals surface area (Å²) in [5, 5.41) is 6.33. The molecule has 7 nitrogen and oxygen atoms in total. The standard InChI is InChI=1S/C23H24Cl2N4O3S/c1-23(2,3)32-22(30)28-16-7-5-9-18(13-16)33-11-10-31-17-8-4-6-15(12-17)27-20-19(24)14-26-21(25)29-20/h4-9,12-14H,10-11H2,1-3H3,(H,28,30)(H,26,27,29). The highest BCUT2D eigenvalue weighted by Gasteiger charge is 2.16. The van der Waals surface area contributed by atoms with Crippen molar-refractivity contribution in [3.8, 4) is 5.75 Å². The Hall–Kier alpha value is -2.68. The molecule has 0 fully saturated rings. The van der Waals surface area contributed by atoms with Gasteiger partial charge in [-0.15, -0.1) is 11.8 Å². The second-order valence-electron chi connectivity index (χ2n) is 7.84. The van der Waals surface area contributed by atoms with E-state index in [0.717, 1.165) is 16.3 Å². The average molecular weight is 507 g/mol. The zero-order valence-electron chi connectivity index (χ0n) is 18.4. The molecule has 0 unspecified atom stereocenters. The van der Waals surface area contributed by atoms with E-state index in [1.165, 1.54) is 6.20 Å². The lowest BCUT2D eigenvalue weighted by molar-refractivity contribution is 0.0636. The van der Waals surface area contributed by atoms with E-state index in [0.29, 0.717) is 28.9 Å². The Kier molecular flexibility index (Phi) is 8.66. The predicted octanol–water partition coefficient (Wildman–Crippen LogP) is 7.05. The third-order valence-electron chi connectivity index (χ3n) is 3.91. The lowest BCUT2D eigenvalue weighted by atomic mass is 10.2. The summed E-state index contributed by atoms with van der Waals surface area (Å²) in [5.41, 5.74) is 0.893. The predicted molar refractivity (Wildman–Crippen MR) is 134 cm³/mol. The quantitative estimate of drug-likeness (QED) is 0.192. The number of halogens is 2. The highest BCUT2D eigenvalue weighted by atomic mass is 35.5. The van der Waals surface area contributed by atoms with Crippen LogP contribution >= 0.6 is 35.0 Å². The molecule has 3 rings (SSSR count). The first-order valence-electron chi connectivity index (χ1n) is 10.1. The van der Waals surface area contributed by atoms with Gasteiger partial charge in [0.1, 0.15) is 16.4 Å². The SMILES string of the molecule is CC(C)(C)OC(=O)Nc1cccc(SCCOc2cccc(Nc3nc(Cl)ncc3Cl)c2)c1. The molecule has 1 aromatic heterocycles. The fourth-order valence-corrected chi connectivity index (χ4v) is 3.70. The molecule has 0 aliphatic carbocycles. The zero-order valence-corrected chi connectivity index (χ0v) is 20.7. The van der Waals surface area contributed by atoms with Crippen LogP contribution in [-0.2, 0) is 4.74 Å². The number of benzene rings is 2. The number of amides is 1. The van der Waals surface area contributed by atoms with Crippen LogP contribution in [0.25, 0.3) is 0 Å². The Balaban J connectivity index is 1.49. The van der Waals surface area contributed by atoms with Crippen molar-refractivity contribution in [3.05, 3.63) is 65.0 Å². The van der Waals surface area contributed by atoms with Crippen LogP contribution in [0.1, 0.15) is 20.8 Å². The van der Waals surface area contributed by atoms with E-state index in [-0.39, 0.29) is 5.28 Å². The minimum atomic E-state index is -0.547. The molecule has 10 heteroatoms. The molecular formula is C23H24Cl2N4O3S. The van der Waals surface area contributed by atoms with E-state index < -0.39 is 11.7 Å². The van der Waals surface area contributed by atoms with Crippen LogP contribution < -0.4 is 15.4 Å². The number of aromatic nitrogens is 2. The fraction of sp³-hybridized carbons (Fsp3) is 0.261. The molecule has 0 aliphatic heterocycles. The van der Waals surface area contributed by atoms with Gasteiger partial charge in [0.25, 0.3) is 0 Å². The lowest BCUT2D eigenvalue weighted by Gasteiger charge is -2.19. The summed E-state index contributed by atoms with van der Waals surface area (Å²) in [5.74, 6) is 1.85. The number of rotatable bonds is 8. The smallest absolute Gasteiger partial charge is 0.412 e. The van der Waals surface area contributed by atoms with Crippen molar-refractivity contribution in [1.29, 1.82) is 0 Å². The normalized spacial score (nSPS) is 11.1. The number of thioether (sulfide) groups is 1. The molecule has 1 heterocycles. The topological polar surface area (TPSA) is 85.4 Å². The molecular weight excluding hydrogens is 483 g/mol. The highest BCUT2D eigenvalue weighted by molar-refractivity contribution is 7.99. The number of hydrogen-bond acceptors (Lipinski definition) is 7. The first-order valence-corrected chi connectivity index (χ1v) is 11.8. The van der Waals surface area contributed by atoms with Gasteiger partial charge in [-0.1, -0.05) is 23.7 Å². The van der Waals surface area contributed by atoms with Gasteiger partial charge in [0.2, 0.25) is 5.28 Å². The molecule has 0 saturated heterocycles. The van der Waals surface area contributed by atoms with Crippen LogP contribution in [0.3, 0.4) is 0 Å². The third kappa shape index (κ3) is 8.64. The maximum atomic E-state index is 11.9. The summed E-state index contributed by atoms with van der Waals surface area (Å²) >= 11 is 13.6. The minimum Gasteiger partial charge on any atom is -0.493 e. The van der Waals surface area contributed by atoms with Crippen LogP contribution in [0.4, 0.5) is 22.0 Å². The van der Waals surface area contributed by atoms with E-state index in [1.54, 1.807) is 11.8 Å². The summed E-state index contributed by atoms with van der Waals surface area (Å²) in [6.45, 7) is 5.97. The van der Waals surface area contributed by atoms with Gasteiger partial charge in [0.15, 0.2) is 5.82 Å². The summed E-state index contributed by atoms with van der Waals surface area (Å²) in [4.78, 5) is 20.9. The summed E-state index contributed by atoms with van der Waals surface area (Å²) < 4.78 is 11.2. The van der Waals surface area contributed by atoms with Crippen molar-refractivity contribution in [1.82, 2.24) is 9.97 Å². The number of nitrogens with zero attached hydrogens (tertiary/aromatic N) is 2. The van der Waals surface area contributed by atoms with Gasteiger partial charge in [-0.2, -0.15) is 4.98 Å². The van der Waals surface area contributed by atoms with E-state index in [9.17, 15) is 4.79 Å². The Bertz CT molecular complexity index is 1110. The van der Waals surface area contributed by atoms with Crippen LogP contribution in [-0.4, -0.2) is 34.0 Å². The zero-order chi connectivity index (χ0) is 23.8. The Morgan fingerprint density at radius 2 is 1.85 bits per heavy atom. The lowest BCUT2D eigenvalue weighted by Crippen LogP contribution is -2.27. The van der Waals surface area contributed by atoms with Crippen LogP contribution in [0.5, 0.6) is 5.75 Å². The van der Waals surface area contributed by atoms with E-state index in [4.69, 9.17) is 32.7 Å². The van der Waals surface area contributed by atoms with E-state index in [1.807, 2.05) is 69.3 Å². The maximum Gasteiger partial charge on any atom is 0.412 e. The molecule has 174 valence electrons. The Morgan fingerprint density at radius 1 is 1.09 bits per heavy atom. The molecule has 33 heavy (non-hydrogen) atoms. The number of anilines is 3. The number of nitrogens with one attached hydrogen (secondary N) is 2. The van der Waals surface area contributed by atoms with Crippen molar-refractivity contribution >= 4 is 58.2 Å². The number of hydrogen-bond donors (Lipinski definition) is 2. The minimum absolute atomic E-state index is 0.108. The summed E-state index contributed by atoms with van der Waals surface area (Å²) in [6, 6.07) is 15.0. The van der Waals surface area contributed by atoms with Crippen molar-refractivity contribution in [2.75, 3.05) is 23.0 Å². The highest BCUT2D eigenvalue weighted by Crippen LogP contribution is 2.26. The van der Waals surface area contributed by atoms with E-state index in [2.05, 4.69) is 20.6 Å². The first-order chi connectivity index (χ1) is 15.7. The van der Waals surface area contributed by atoms with Crippen molar-refractivity contribution in [2.24, 2.45) is 0 Å². The van der Waals surface area contributed by atoms with Gasteiger partial charge in [-0.3, -0.25) is 5.32 Å². The number of ether oxygens (including phenoxy) is 2. The van der Waals surface area contributed by atoms with Crippen molar-refractivity contribution in [3.63, 3.8) is 0 Å². The molecule has 0 radical (unpaired) electrons. The molecule has 3 aromatic rings. The molecule has 0 aliphatic rings.